The van der Waals surface area contributed by atoms with Gasteiger partial charge in [-0.15, -0.1) is 11.8 Å². The summed E-state index contributed by atoms with van der Waals surface area (Å²) in [5.74, 6) is 1.60. The van der Waals surface area contributed by atoms with Crippen LogP contribution >= 0.6 is 39.3 Å². The van der Waals surface area contributed by atoms with Crippen molar-refractivity contribution in [2.45, 2.75) is 24.3 Å². The van der Waals surface area contributed by atoms with Gasteiger partial charge < -0.3 is 5.32 Å². The molecule has 0 fully saturated rings. The van der Waals surface area contributed by atoms with E-state index < -0.39 is 0 Å². The van der Waals surface area contributed by atoms with E-state index in [1.807, 2.05) is 54.6 Å². The van der Waals surface area contributed by atoms with E-state index in [0.717, 1.165) is 32.1 Å². The largest absolute Gasteiger partial charge is 0.311 e. The summed E-state index contributed by atoms with van der Waals surface area (Å²) in [4.78, 5) is 13.4. The van der Waals surface area contributed by atoms with Gasteiger partial charge in [0.1, 0.15) is 5.82 Å². The number of rotatable bonds is 8. The van der Waals surface area contributed by atoms with Crippen LogP contribution in [0.3, 0.4) is 0 Å². The van der Waals surface area contributed by atoms with Crippen LogP contribution in [0.25, 0.3) is 0 Å². The fraction of sp³-hybridized carbons (Fsp3) is 0.200. The number of thioether (sulfide) groups is 1. The quantitative estimate of drug-likeness (QED) is 0.335. The lowest BCUT2D eigenvalue weighted by Gasteiger charge is -2.09. The van der Waals surface area contributed by atoms with Gasteiger partial charge in [-0.25, -0.2) is 4.68 Å². The molecule has 1 heterocycles. The monoisotopic (exact) mass is 463 g/mol. The molecule has 3 rings (SSSR count). The molecule has 1 amide bonds. The second-order valence-electron chi connectivity index (χ2n) is 5.95. The number of hydrogen-bond donors (Lipinski definition) is 1. The van der Waals surface area contributed by atoms with E-state index in [9.17, 15) is 4.79 Å². The van der Waals surface area contributed by atoms with Crippen LogP contribution < -0.4 is 5.32 Å². The summed E-state index contributed by atoms with van der Waals surface area (Å²) in [7, 11) is 0. The summed E-state index contributed by atoms with van der Waals surface area (Å²) in [5.41, 5.74) is 1.12. The predicted molar refractivity (Wildman–Crippen MR) is 116 cm³/mol. The summed E-state index contributed by atoms with van der Waals surface area (Å²) < 4.78 is 2.83. The van der Waals surface area contributed by atoms with Gasteiger partial charge in [0.15, 0.2) is 0 Å². The van der Waals surface area contributed by atoms with Crippen LogP contribution in [-0.2, 0) is 11.3 Å². The highest BCUT2D eigenvalue weighted by atomic mass is 79.9. The molecule has 27 heavy (non-hydrogen) atoms. The van der Waals surface area contributed by atoms with Gasteiger partial charge in [0.25, 0.3) is 0 Å². The van der Waals surface area contributed by atoms with E-state index in [1.54, 1.807) is 22.6 Å². The number of nitrogens with zero attached hydrogens (tertiary/aromatic N) is 2. The Morgan fingerprint density at radius 2 is 1.85 bits per heavy atom. The van der Waals surface area contributed by atoms with E-state index in [1.165, 1.54) is 0 Å². The third kappa shape index (κ3) is 6.41. The highest BCUT2D eigenvalue weighted by molar-refractivity contribution is 9.10. The van der Waals surface area contributed by atoms with E-state index >= 15 is 0 Å². The Hall–Kier alpha value is -1.76. The molecule has 0 atom stereocenters. The summed E-state index contributed by atoms with van der Waals surface area (Å²) >= 11 is 11.0. The van der Waals surface area contributed by atoms with Crippen molar-refractivity contribution in [3.05, 3.63) is 75.9 Å². The molecule has 1 aromatic heterocycles. The Labute approximate surface area is 176 Å². The van der Waals surface area contributed by atoms with Crippen LogP contribution in [0.5, 0.6) is 0 Å². The van der Waals surface area contributed by atoms with Gasteiger partial charge >= 0.3 is 0 Å². The maximum absolute atomic E-state index is 12.2. The second kappa shape index (κ2) is 9.97. The summed E-state index contributed by atoms with van der Waals surface area (Å²) in [6, 6.07) is 17.6. The average molecular weight is 465 g/mol. The fourth-order valence-corrected chi connectivity index (χ4v) is 3.73. The normalized spacial score (nSPS) is 10.7. The molecule has 3 aromatic rings. The number of carbonyl (C=O) groups excluding carboxylic acids is 1. The minimum Gasteiger partial charge on any atom is -0.311 e. The molecule has 7 heteroatoms. The number of anilines is 1. The van der Waals surface area contributed by atoms with Crippen molar-refractivity contribution in [2.75, 3.05) is 11.1 Å². The van der Waals surface area contributed by atoms with Crippen LogP contribution in [0.2, 0.25) is 5.02 Å². The van der Waals surface area contributed by atoms with Crippen LogP contribution in [0.4, 0.5) is 5.82 Å². The van der Waals surface area contributed by atoms with Crippen LogP contribution in [0.1, 0.15) is 18.4 Å². The molecule has 0 radical (unpaired) electrons. The first kappa shape index (κ1) is 20.0. The number of amides is 1. The lowest BCUT2D eigenvalue weighted by Crippen LogP contribution is -2.16. The summed E-state index contributed by atoms with van der Waals surface area (Å²) in [6.07, 6.45) is 2.98. The van der Waals surface area contributed by atoms with E-state index in [2.05, 4.69) is 26.3 Å². The molecule has 0 aliphatic heterocycles. The highest BCUT2D eigenvalue weighted by Gasteiger charge is 2.08. The maximum Gasteiger partial charge on any atom is 0.225 e. The van der Waals surface area contributed by atoms with Crippen LogP contribution in [0, 0.1) is 0 Å². The van der Waals surface area contributed by atoms with Crippen molar-refractivity contribution < 1.29 is 4.79 Å². The minimum atomic E-state index is 0.00395. The topological polar surface area (TPSA) is 46.9 Å². The third-order valence-corrected chi connectivity index (χ3v) is 5.74. The molecule has 0 saturated heterocycles. The molecular weight excluding hydrogens is 446 g/mol. The molecule has 0 spiro atoms. The molecule has 0 bridgehead atoms. The zero-order valence-corrected chi connectivity index (χ0v) is 17.7. The molecule has 0 unspecified atom stereocenters. The Kier molecular flexibility index (Phi) is 7.38. The van der Waals surface area contributed by atoms with Gasteiger partial charge in [0.05, 0.1) is 12.7 Å². The third-order valence-electron chi connectivity index (χ3n) is 3.86. The fourth-order valence-electron chi connectivity index (χ4n) is 2.49. The molecule has 4 nitrogen and oxygen atoms in total. The SMILES string of the molecule is O=C(CCCSc1ccc(Cl)cc1)Nc1ccnn1Cc1ccc(Br)cc1. The lowest BCUT2D eigenvalue weighted by atomic mass is 10.2. The van der Waals surface area contributed by atoms with Crippen LogP contribution in [0.15, 0.2) is 70.2 Å². The smallest absolute Gasteiger partial charge is 0.225 e. The van der Waals surface area contributed by atoms with E-state index in [4.69, 9.17) is 11.6 Å². The number of hydrogen-bond acceptors (Lipinski definition) is 3. The van der Waals surface area contributed by atoms with Crippen molar-refractivity contribution in [1.29, 1.82) is 0 Å². The average Bonchev–Trinajstić information content (AvgIpc) is 3.09. The standard InChI is InChI=1S/C20H19BrClN3OS/c21-16-5-3-15(4-6-16)14-25-19(11-12-23-25)24-20(26)2-1-13-27-18-9-7-17(22)8-10-18/h3-12H,1-2,13-14H2,(H,24,26). The van der Waals surface area contributed by atoms with Gasteiger partial charge in [-0.1, -0.05) is 39.7 Å². The molecular formula is C20H19BrClN3OS. The Morgan fingerprint density at radius 1 is 1.11 bits per heavy atom. The second-order valence-corrected chi connectivity index (χ2v) is 8.48. The maximum atomic E-state index is 12.2. The van der Waals surface area contributed by atoms with Crippen molar-refractivity contribution in [2.24, 2.45) is 0 Å². The predicted octanol–water partition coefficient (Wildman–Crippen LogP) is 5.86. The summed E-state index contributed by atoms with van der Waals surface area (Å²) in [5, 5.41) is 7.99. The number of aromatic nitrogens is 2. The van der Waals surface area contributed by atoms with Crippen molar-refractivity contribution in [3.8, 4) is 0 Å². The number of carbonyl (C=O) groups is 1. The van der Waals surface area contributed by atoms with Gasteiger partial charge in [-0.2, -0.15) is 5.10 Å². The van der Waals surface area contributed by atoms with Crippen molar-refractivity contribution in [3.63, 3.8) is 0 Å². The first-order chi connectivity index (χ1) is 13.1. The molecule has 0 aliphatic carbocycles. The first-order valence-corrected chi connectivity index (χ1v) is 10.7. The number of benzene rings is 2. The van der Waals surface area contributed by atoms with Crippen molar-refractivity contribution >= 4 is 51.0 Å². The van der Waals surface area contributed by atoms with Gasteiger partial charge in [0, 0.05) is 26.9 Å². The Balaban J connectivity index is 1.45. The first-order valence-electron chi connectivity index (χ1n) is 8.54. The van der Waals surface area contributed by atoms with Crippen molar-refractivity contribution in [1.82, 2.24) is 9.78 Å². The van der Waals surface area contributed by atoms with Gasteiger partial charge in [-0.05, 0) is 54.1 Å². The lowest BCUT2D eigenvalue weighted by molar-refractivity contribution is -0.116. The Bertz CT molecular complexity index is 881. The number of halogens is 2. The Morgan fingerprint density at radius 3 is 2.59 bits per heavy atom. The van der Waals surface area contributed by atoms with Gasteiger partial charge in [0.2, 0.25) is 5.91 Å². The zero-order valence-electron chi connectivity index (χ0n) is 14.6. The van der Waals surface area contributed by atoms with E-state index in [0.29, 0.717) is 18.8 Å². The van der Waals surface area contributed by atoms with Crippen LogP contribution in [-0.4, -0.2) is 21.4 Å². The zero-order chi connectivity index (χ0) is 19.1. The molecule has 0 aliphatic rings. The molecule has 2 aromatic carbocycles. The molecule has 140 valence electrons. The molecule has 0 saturated carbocycles. The van der Waals surface area contributed by atoms with Gasteiger partial charge in [-0.3, -0.25) is 4.79 Å². The molecule has 1 N–H and O–H groups in total. The minimum absolute atomic E-state index is 0.00395. The number of nitrogens with one attached hydrogen (secondary N) is 1. The summed E-state index contributed by atoms with van der Waals surface area (Å²) in [6.45, 7) is 0.613. The highest BCUT2D eigenvalue weighted by Crippen LogP contribution is 2.21. The van der Waals surface area contributed by atoms with E-state index in [-0.39, 0.29) is 5.91 Å².